The third-order valence-corrected chi connectivity index (χ3v) is 6.03. The number of esters is 1. The number of nitrogens with zero attached hydrogens (tertiary/aromatic N) is 2. The monoisotopic (exact) mass is 450 g/mol. The molecule has 0 atom stereocenters. The molecule has 7 heteroatoms. The SMILES string of the molecule is Cc1cccc2nc(COC(=O)c3ccc(CSc4ccc(Cl)cc4)cc3)cc(=O)n12. The second kappa shape index (κ2) is 9.37. The highest BCUT2D eigenvalue weighted by atomic mass is 35.5. The molecule has 0 unspecified atom stereocenters. The summed E-state index contributed by atoms with van der Waals surface area (Å²) in [6.45, 7) is 1.78. The molecule has 0 bridgehead atoms. The number of hydrogen-bond donors (Lipinski definition) is 0. The Morgan fingerprint density at radius 1 is 1.06 bits per heavy atom. The zero-order valence-corrected chi connectivity index (χ0v) is 18.3. The number of aryl methyl sites for hydroxylation is 1. The van der Waals surface area contributed by atoms with Crippen molar-refractivity contribution in [2.75, 3.05) is 0 Å². The van der Waals surface area contributed by atoms with E-state index in [4.69, 9.17) is 16.3 Å². The van der Waals surface area contributed by atoms with Crippen LogP contribution >= 0.6 is 23.4 Å². The number of carbonyl (C=O) groups is 1. The summed E-state index contributed by atoms with van der Waals surface area (Å²) in [5.41, 5.74) is 3.09. The van der Waals surface area contributed by atoms with Crippen molar-refractivity contribution in [1.82, 2.24) is 9.38 Å². The molecular formula is C24H19ClN2O3S. The molecule has 2 aromatic carbocycles. The molecule has 0 saturated heterocycles. The van der Waals surface area contributed by atoms with E-state index in [1.165, 1.54) is 10.5 Å². The molecule has 0 amide bonds. The van der Waals surface area contributed by atoms with Gasteiger partial charge in [0.25, 0.3) is 5.56 Å². The normalized spacial score (nSPS) is 10.9. The maximum atomic E-state index is 12.4. The Morgan fingerprint density at radius 3 is 2.55 bits per heavy atom. The summed E-state index contributed by atoms with van der Waals surface area (Å²) in [6.07, 6.45) is 0. The van der Waals surface area contributed by atoms with Crippen LogP contribution in [-0.4, -0.2) is 15.4 Å². The van der Waals surface area contributed by atoms with Gasteiger partial charge in [-0.25, -0.2) is 9.78 Å². The molecule has 0 saturated carbocycles. The van der Waals surface area contributed by atoms with Crippen LogP contribution in [0.25, 0.3) is 5.65 Å². The maximum absolute atomic E-state index is 12.4. The largest absolute Gasteiger partial charge is 0.456 e. The zero-order chi connectivity index (χ0) is 21.8. The van der Waals surface area contributed by atoms with Crippen molar-refractivity contribution >= 4 is 35.0 Å². The van der Waals surface area contributed by atoms with Crippen LogP contribution < -0.4 is 5.56 Å². The molecule has 5 nitrogen and oxygen atoms in total. The van der Waals surface area contributed by atoms with Gasteiger partial charge in [0.05, 0.1) is 11.3 Å². The van der Waals surface area contributed by atoms with Crippen molar-refractivity contribution in [3.8, 4) is 0 Å². The van der Waals surface area contributed by atoms with Crippen molar-refractivity contribution in [1.29, 1.82) is 0 Å². The van der Waals surface area contributed by atoms with Crippen molar-refractivity contribution in [2.24, 2.45) is 0 Å². The minimum Gasteiger partial charge on any atom is -0.456 e. The molecule has 31 heavy (non-hydrogen) atoms. The Bertz CT molecular complexity index is 1290. The first-order valence-corrected chi connectivity index (χ1v) is 11.0. The van der Waals surface area contributed by atoms with E-state index < -0.39 is 5.97 Å². The van der Waals surface area contributed by atoms with E-state index >= 15 is 0 Å². The van der Waals surface area contributed by atoms with Crippen LogP contribution in [0, 0.1) is 6.92 Å². The van der Waals surface area contributed by atoms with Crippen molar-refractivity contribution in [3.05, 3.63) is 111 Å². The van der Waals surface area contributed by atoms with Gasteiger partial charge >= 0.3 is 5.97 Å². The minimum absolute atomic E-state index is 0.0628. The quantitative estimate of drug-likeness (QED) is 0.294. The van der Waals surface area contributed by atoms with E-state index in [1.807, 2.05) is 55.5 Å². The molecular weight excluding hydrogens is 432 g/mol. The molecule has 0 radical (unpaired) electrons. The van der Waals surface area contributed by atoms with Crippen LogP contribution in [0.1, 0.15) is 27.3 Å². The number of fused-ring (bicyclic) bond motifs is 1. The lowest BCUT2D eigenvalue weighted by Crippen LogP contribution is -2.18. The summed E-state index contributed by atoms with van der Waals surface area (Å²) < 4.78 is 6.88. The predicted molar refractivity (Wildman–Crippen MR) is 123 cm³/mol. The number of halogens is 1. The molecule has 0 aliphatic carbocycles. The summed E-state index contributed by atoms with van der Waals surface area (Å²) in [5, 5.41) is 0.714. The first kappa shape index (κ1) is 21.2. The number of hydrogen-bond acceptors (Lipinski definition) is 5. The highest BCUT2D eigenvalue weighted by molar-refractivity contribution is 7.98. The Kier molecular flexibility index (Phi) is 6.39. The van der Waals surface area contributed by atoms with Crippen LogP contribution in [0.2, 0.25) is 5.02 Å². The number of aromatic nitrogens is 2. The van der Waals surface area contributed by atoms with Gasteiger partial charge in [-0.1, -0.05) is 29.8 Å². The number of rotatable bonds is 6. The number of carbonyl (C=O) groups excluding carboxylic acids is 1. The second-order valence-electron chi connectivity index (χ2n) is 6.96. The molecule has 0 spiro atoms. The lowest BCUT2D eigenvalue weighted by molar-refractivity contribution is 0.0467. The molecule has 2 heterocycles. The van der Waals surface area contributed by atoms with E-state index in [-0.39, 0.29) is 12.2 Å². The van der Waals surface area contributed by atoms with Crippen LogP contribution in [-0.2, 0) is 17.1 Å². The lowest BCUT2D eigenvalue weighted by Gasteiger charge is -2.08. The van der Waals surface area contributed by atoms with E-state index in [0.29, 0.717) is 21.9 Å². The number of benzene rings is 2. The van der Waals surface area contributed by atoms with Crippen LogP contribution in [0.4, 0.5) is 0 Å². The average Bonchev–Trinajstić information content (AvgIpc) is 2.77. The van der Waals surface area contributed by atoms with Gasteiger partial charge in [-0.2, -0.15) is 0 Å². The van der Waals surface area contributed by atoms with Crippen LogP contribution in [0.3, 0.4) is 0 Å². The molecule has 2 aromatic heterocycles. The van der Waals surface area contributed by atoms with Gasteiger partial charge in [0.15, 0.2) is 0 Å². The summed E-state index contributed by atoms with van der Waals surface area (Å²) in [6, 6.07) is 21.8. The molecule has 4 rings (SSSR count). The third kappa shape index (κ3) is 5.16. The van der Waals surface area contributed by atoms with Crippen molar-refractivity contribution < 1.29 is 9.53 Å². The van der Waals surface area contributed by atoms with E-state index in [2.05, 4.69) is 4.98 Å². The van der Waals surface area contributed by atoms with Gasteiger partial charge < -0.3 is 4.74 Å². The summed E-state index contributed by atoms with van der Waals surface area (Å²) in [7, 11) is 0. The van der Waals surface area contributed by atoms with E-state index in [0.717, 1.165) is 21.9 Å². The molecule has 0 fully saturated rings. The standard InChI is InChI=1S/C24H19ClN2O3S/c1-16-3-2-4-22-26-20(13-23(28)27(16)22)14-30-24(29)18-7-5-17(6-8-18)15-31-21-11-9-19(25)10-12-21/h2-13H,14-15H2,1H3. The smallest absolute Gasteiger partial charge is 0.338 e. The fraction of sp³-hybridized carbons (Fsp3) is 0.125. The predicted octanol–water partition coefficient (Wildman–Crippen LogP) is 5.31. The Morgan fingerprint density at radius 2 is 1.81 bits per heavy atom. The molecule has 0 aliphatic rings. The first-order chi connectivity index (χ1) is 15.0. The topological polar surface area (TPSA) is 60.7 Å². The Labute approximate surface area is 188 Å². The summed E-state index contributed by atoms with van der Waals surface area (Å²) in [5.74, 6) is 0.324. The third-order valence-electron chi connectivity index (χ3n) is 4.69. The highest BCUT2D eigenvalue weighted by Gasteiger charge is 2.10. The lowest BCUT2D eigenvalue weighted by atomic mass is 10.1. The second-order valence-corrected chi connectivity index (χ2v) is 8.45. The highest BCUT2D eigenvalue weighted by Crippen LogP contribution is 2.24. The Balaban J connectivity index is 1.37. The summed E-state index contributed by atoms with van der Waals surface area (Å²) in [4.78, 5) is 30.3. The van der Waals surface area contributed by atoms with E-state index in [9.17, 15) is 9.59 Å². The Hall–Kier alpha value is -3.09. The fourth-order valence-corrected chi connectivity index (χ4v) is 4.08. The first-order valence-electron chi connectivity index (χ1n) is 9.62. The number of thioether (sulfide) groups is 1. The molecule has 156 valence electrons. The molecule has 0 N–H and O–H groups in total. The van der Waals surface area contributed by atoms with Gasteiger partial charge in [0.1, 0.15) is 12.3 Å². The van der Waals surface area contributed by atoms with Crippen LogP contribution in [0.15, 0.2) is 82.5 Å². The molecule has 4 aromatic rings. The maximum Gasteiger partial charge on any atom is 0.338 e. The van der Waals surface area contributed by atoms with Crippen molar-refractivity contribution in [3.63, 3.8) is 0 Å². The van der Waals surface area contributed by atoms with Crippen molar-refractivity contribution in [2.45, 2.75) is 24.2 Å². The molecule has 0 aliphatic heterocycles. The number of ether oxygens (including phenoxy) is 1. The summed E-state index contributed by atoms with van der Waals surface area (Å²) >= 11 is 7.60. The zero-order valence-electron chi connectivity index (χ0n) is 16.7. The van der Waals surface area contributed by atoms with Gasteiger partial charge in [0, 0.05) is 27.4 Å². The fourth-order valence-electron chi connectivity index (χ4n) is 3.09. The average molecular weight is 451 g/mol. The van der Waals surface area contributed by atoms with Gasteiger partial charge in [-0.3, -0.25) is 9.20 Å². The van der Waals surface area contributed by atoms with Gasteiger partial charge in [0.2, 0.25) is 0 Å². The van der Waals surface area contributed by atoms with E-state index in [1.54, 1.807) is 30.0 Å². The number of pyridine rings is 1. The van der Waals surface area contributed by atoms with Gasteiger partial charge in [-0.15, -0.1) is 11.8 Å². The van der Waals surface area contributed by atoms with Gasteiger partial charge in [-0.05, 0) is 61.0 Å². The minimum atomic E-state index is -0.455. The van der Waals surface area contributed by atoms with Crippen LogP contribution in [0.5, 0.6) is 0 Å².